The van der Waals surface area contributed by atoms with Crippen molar-refractivity contribution in [1.82, 2.24) is 15.2 Å². The van der Waals surface area contributed by atoms with Crippen molar-refractivity contribution >= 4 is 34.5 Å². The predicted molar refractivity (Wildman–Crippen MR) is 122 cm³/mol. The van der Waals surface area contributed by atoms with E-state index in [4.69, 9.17) is 0 Å². The van der Waals surface area contributed by atoms with Crippen molar-refractivity contribution < 1.29 is 9.59 Å². The summed E-state index contributed by atoms with van der Waals surface area (Å²) in [5, 5.41) is 8.21. The van der Waals surface area contributed by atoms with Crippen LogP contribution in [0.5, 0.6) is 0 Å². The molecule has 2 amide bonds. The molecule has 3 aromatic rings. The van der Waals surface area contributed by atoms with E-state index in [1.54, 1.807) is 22.7 Å². The van der Waals surface area contributed by atoms with Crippen LogP contribution in [0.4, 0.5) is 0 Å². The van der Waals surface area contributed by atoms with E-state index in [0.29, 0.717) is 32.5 Å². The van der Waals surface area contributed by atoms with Gasteiger partial charge in [-0.25, -0.2) is 4.98 Å². The van der Waals surface area contributed by atoms with Crippen LogP contribution >= 0.6 is 22.7 Å². The van der Waals surface area contributed by atoms with Gasteiger partial charge in [0.05, 0.1) is 10.6 Å². The van der Waals surface area contributed by atoms with Gasteiger partial charge in [-0.15, -0.1) is 22.7 Å². The molecule has 0 radical (unpaired) electrons. The second-order valence-electron chi connectivity index (χ2n) is 7.60. The van der Waals surface area contributed by atoms with Crippen molar-refractivity contribution in [2.24, 2.45) is 5.92 Å². The lowest BCUT2D eigenvalue weighted by Crippen LogP contribution is -2.43. The summed E-state index contributed by atoms with van der Waals surface area (Å²) in [6.07, 6.45) is 2.16. The molecule has 30 heavy (non-hydrogen) atoms. The number of carbonyl (C=O) groups excluding carboxylic acids is 2. The Morgan fingerprint density at radius 2 is 2.00 bits per heavy atom. The fourth-order valence-electron chi connectivity index (χ4n) is 3.70. The average Bonchev–Trinajstić information content (AvgIpc) is 3.45. The molecule has 2 aromatic heterocycles. The number of piperidine rings is 1. The molecule has 5 nitrogen and oxygen atoms in total. The fraction of sp³-hybridized carbons (Fsp3) is 0.348. The van der Waals surface area contributed by atoms with E-state index in [-0.39, 0.29) is 17.7 Å². The molecule has 1 aromatic carbocycles. The van der Waals surface area contributed by atoms with Gasteiger partial charge in [-0.05, 0) is 43.3 Å². The zero-order valence-corrected chi connectivity index (χ0v) is 18.6. The molecule has 1 aliphatic rings. The van der Waals surface area contributed by atoms with Crippen molar-refractivity contribution in [3.05, 3.63) is 64.0 Å². The van der Waals surface area contributed by atoms with Crippen LogP contribution in [0.3, 0.4) is 0 Å². The Morgan fingerprint density at radius 3 is 2.73 bits per heavy atom. The largest absolute Gasteiger partial charge is 0.355 e. The molecule has 0 spiro atoms. The van der Waals surface area contributed by atoms with Gasteiger partial charge in [0, 0.05) is 42.9 Å². The lowest BCUT2D eigenvalue weighted by atomic mass is 9.95. The number of amides is 2. The van der Waals surface area contributed by atoms with E-state index in [1.807, 2.05) is 42.2 Å². The summed E-state index contributed by atoms with van der Waals surface area (Å²) in [7, 11) is 0. The van der Waals surface area contributed by atoms with E-state index in [0.717, 1.165) is 28.2 Å². The highest BCUT2D eigenvalue weighted by atomic mass is 32.1. The third kappa shape index (κ3) is 4.96. The summed E-state index contributed by atoms with van der Waals surface area (Å²) >= 11 is 3.33. The Labute approximate surface area is 184 Å². The second kappa shape index (κ2) is 9.53. The SMILES string of the molecule is Cc1cccc(C(=O)N2CCC(C(=O)NCCc3csc(-c4cccs4)n3)CC2)c1. The summed E-state index contributed by atoms with van der Waals surface area (Å²) in [5.41, 5.74) is 2.82. The maximum atomic E-state index is 12.7. The number of benzene rings is 1. The Kier molecular flexibility index (Phi) is 6.59. The molecule has 1 N–H and O–H groups in total. The average molecular weight is 440 g/mol. The molecular weight excluding hydrogens is 414 g/mol. The van der Waals surface area contributed by atoms with Gasteiger partial charge in [0.2, 0.25) is 5.91 Å². The highest BCUT2D eigenvalue weighted by Gasteiger charge is 2.27. The number of carbonyl (C=O) groups is 2. The lowest BCUT2D eigenvalue weighted by molar-refractivity contribution is -0.126. The molecule has 7 heteroatoms. The first-order chi connectivity index (χ1) is 14.6. The van der Waals surface area contributed by atoms with Gasteiger partial charge in [-0.3, -0.25) is 9.59 Å². The highest BCUT2D eigenvalue weighted by Crippen LogP contribution is 2.27. The van der Waals surface area contributed by atoms with Gasteiger partial charge >= 0.3 is 0 Å². The van der Waals surface area contributed by atoms with Gasteiger partial charge in [0.1, 0.15) is 5.01 Å². The number of aryl methyl sites for hydroxylation is 1. The van der Waals surface area contributed by atoms with Crippen molar-refractivity contribution in [2.45, 2.75) is 26.2 Å². The molecule has 3 heterocycles. The van der Waals surface area contributed by atoms with Crippen molar-refractivity contribution in [3.8, 4) is 9.88 Å². The summed E-state index contributed by atoms with van der Waals surface area (Å²) < 4.78 is 0. The molecule has 1 saturated heterocycles. The van der Waals surface area contributed by atoms with Crippen LogP contribution in [0.1, 0.15) is 34.5 Å². The molecule has 0 unspecified atom stereocenters. The van der Waals surface area contributed by atoms with E-state index in [9.17, 15) is 9.59 Å². The number of hydrogen-bond acceptors (Lipinski definition) is 5. The first-order valence-electron chi connectivity index (χ1n) is 10.2. The summed E-state index contributed by atoms with van der Waals surface area (Å²) in [6, 6.07) is 11.8. The smallest absolute Gasteiger partial charge is 0.253 e. The van der Waals surface area contributed by atoms with E-state index in [2.05, 4.69) is 27.1 Å². The van der Waals surface area contributed by atoms with Crippen LogP contribution in [0.2, 0.25) is 0 Å². The van der Waals surface area contributed by atoms with Crippen molar-refractivity contribution in [2.75, 3.05) is 19.6 Å². The normalized spacial score (nSPS) is 14.6. The van der Waals surface area contributed by atoms with Gasteiger partial charge in [0.25, 0.3) is 5.91 Å². The van der Waals surface area contributed by atoms with E-state index in [1.165, 1.54) is 4.88 Å². The third-order valence-electron chi connectivity index (χ3n) is 5.38. The summed E-state index contributed by atoms with van der Waals surface area (Å²) in [6.45, 7) is 3.83. The zero-order chi connectivity index (χ0) is 20.9. The van der Waals surface area contributed by atoms with Crippen molar-refractivity contribution in [3.63, 3.8) is 0 Å². The number of aromatic nitrogens is 1. The first kappa shape index (κ1) is 20.8. The molecule has 0 aliphatic carbocycles. The van der Waals surface area contributed by atoms with Crippen LogP contribution in [0.15, 0.2) is 47.2 Å². The Bertz CT molecular complexity index is 1010. The molecular formula is C23H25N3O2S2. The van der Waals surface area contributed by atoms with Crippen LogP contribution in [-0.4, -0.2) is 41.3 Å². The molecule has 1 fully saturated rings. The van der Waals surface area contributed by atoms with Crippen LogP contribution in [0, 0.1) is 12.8 Å². The minimum absolute atomic E-state index is 0.0244. The van der Waals surface area contributed by atoms with Crippen LogP contribution in [0.25, 0.3) is 9.88 Å². The first-order valence-corrected chi connectivity index (χ1v) is 12.0. The van der Waals surface area contributed by atoms with Crippen molar-refractivity contribution in [1.29, 1.82) is 0 Å². The number of nitrogens with zero attached hydrogens (tertiary/aromatic N) is 2. The minimum Gasteiger partial charge on any atom is -0.355 e. The third-order valence-corrected chi connectivity index (χ3v) is 7.31. The maximum Gasteiger partial charge on any atom is 0.253 e. The molecule has 0 saturated carbocycles. The molecule has 4 rings (SSSR count). The summed E-state index contributed by atoms with van der Waals surface area (Å²) in [4.78, 5) is 32.9. The lowest BCUT2D eigenvalue weighted by Gasteiger charge is -2.31. The maximum absolute atomic E-state index is 12.7. The monoisotopic (exact) mass is 439 g/mol. The highest BCUT2D eigenvalue weighted by molar-refractivity contribution is 7.20. The van der Waals surface area contributed by atoms with E-state index >= 15 is 0 Å². The zero-order valence-electron chi connectivity index (χ0n) is 17.0. The van der Waals surface area contributed by atoms with Gasteiger partial charge in [0.15, 0.2) is 0 Å². The Balaban J connectivity index is 1.21. The number of likely N-dealkylation sites (tertiary alicyclic amines) is 1. The molecule has 156 valence electrons. The van der Waals surface area contributed by atoms with Gasteiger partial charge in [-0.2, -0.15) is 0 Å². The number of nitrogens with one attached hydrogen (secondary N) is 1. The fourth-order valence-corrected chi connectivity index (χ4v) is 5.37. The number of rotatable bonds is 6. The Morgan fingerprint density at radius 1 is 1.17 bits per heavy atom. The topological polar surface area (TPSA) is 62.3 Å². The van der Waals surface area contributed by atoms with Crippen LogP contribution < -0.4 is 5.32 Å². The quantitative estimate of drug-likeness (QED) is 0.620. The second-order valence-corrected chi connectivity index (χ2v) is 9.40. The number of thiazole rings is 1. The summed E-state index contributed by atoms with van der Waals surface area (Å²) in [5.74, 6) is 0.123. The van der Waals surface area contributed by atoms with Gasteiger partial charge < -0.3 is 10.2 Å². The molecule has 1 aliphatic heterocycles. The number of thiophene rings is 1. The molecule has 0 atom stereocenters. The predicted octanol–water partition coefficient (Wildman–Crippen LogP) is 4.39. The Hall–Kier alpha value is -2.51. The molecule has 0 bridgehead atoms. The van der Waals surface area contributed by atoms with Crippen LogP contribution in [-0.2, 0) is 11.2 Å². The standard InChI is InChI=1S/C23H25N3O2S2/c1-16-4-2-5-18(14-16)23(28)26-11-8-17(9-12-26)21(27)24-10-7-19-15-30-22(25-19)20-6-3-13-29-20/h2-6,13-15,17H,7-12H2,1H3,(H,24,27). The minimum atomic E-state index is -0.0244. The van der Waals surface area contributed by atoms with Gasteiger partial charge in [-0.1, -0.05) is 23.8 Å². The van der Waals surface area contributed by atoms with E-state index < -0.39 is 0 Å². The number of hydrogen-bond donors (Lipinski definition) is 1.